The highest BCUT2D eigenvalue weighted by Crippen LogP contribution is 2.42. The Hall–Kier alpha value is -3.41. The molecule has 3 N–H and O–H groups in total. The molecule has 2 heterocycles. The maximum absolute atomic E-state index is 13.0. The lowest BCUT2D eigenvalue weighted by Crippen LogP contribution is -2.55. The minimum absolute atomic E-state index is 0.137. The topological polar surface area (TPSA) is 127 Å². The lowest BCUT2D eigenvalue weighted by molar-refractivity contribution is -0.134. The van der Waals surface area contributed by atoms with Crippen molar-refractivity contribution in [3.05, 3.63) is 59.7 Å². The molecule has 1 aromatic carbocycles. The van der Waals surface area contributed by atoms with Crippen molar-refractivity contribution >= 4 is 40.9 Å². The van der Waals surface area contributed by atoms with Crippen LogP contribution in [0, 0.1) is 5.92 Å². The number of hydrogen-bond donors (Lipinski definition) is 3. The van der Waals surface area contributed by atoms with Gasteiger partial charge in [0.25, 0.3) is 5.91 Å². The van der Waals surface area contributed by atoms with Crippen molar-refractivity contribution in [2.45, 2.75) is 62.4 Å². The molecule has 3 aliphatic rings. The summed E-state index contributed by atoms with van der Waals surface area (Å²) < 4.78 is 16.4. The van der Waals surface area contributed by atoms with E-state index in [0.29, 0.717) is 31.6 Å². The number of hydrogen-bond acceptors (Lipinski definition) is 8. The van der Waals surface area contributed by atoms with Crippen LogP contribution in [-0.4, -0.2) is 68.2 Å². The SMILES string of the molecule is C=C[C@H](NC(=O)COC1=CC=C2Sc3ccccc3N=C2C1)C(=O)N[C@@H](CC(C)C)C(=O)N[C@H]1CCOC1OC. The molecule has 0 saturated carbocycles. The molecule has 0 radical (unpaired) electrons. The van der Waals surface area contributed by atoms with Crippen LogP contribution >= 0.6 is 11.8 Å². The largest absolute Gasteiger partial charge is 0.488 e. The zero-order valence-corrected chi connectivity index (χ0v) is 23.8. The second-order valence-corrected chi connectivity index (χ2v) is 11.2. The Morgan fingerprint density at radius 1 is 1.20 bits per heavy atom. The predicted molar refractivity (Wildman–Crippen MR) is 153 cm³/mol. The van der Waals surface area contributed by atoms with Crippen LogP contribution < -0.4 is 16.0 Å². The lowest BCUT2D eigenvalue weighted by Gasteiger charge is -2.25. The number of allylic oxidation sites excluding steroid dienone is 4. The van der Waals surface area contributed by atoms with Crippen LogP contribution in [0.15, 0.2) is 69.6 Å². The summed E-state index contributed by atoms with van der Waals surface area (Å²) in [6, 6.07) is 5.79. The first-order valence-electron chi connectivity index (χ1n) is 13.3. The van der Waals surface area contributed by atoms with Crippen LogP contribution in [0.5, 0.6) is 0 Å². The number of para-hydroxylation sites is 1. The number of nitrogens with one attached hydrogen (secondary N) is 3. The fourth-order valence-electron chi connectivity index (χ4n) is 4.55. The van der Waals surface area contributed by atoms with E-state index in [2.05, 4.69) is 22.5 Å². The Morgan fingerprint density at radius 3 is 2.75 bits per heavy atom. The molecule has 40 heavy (non-hydrogen) atoms. The molecule has 4 rings (SSSR count). The van der Waals surface area contributed by atoms with E-state index in [1.807, 2.05) is 50.3 Å². The highest BCUT2D eigenvalue weighted by Gasteiger charge is 2.33. The Kier molecular flexibility index (Phi) is 10.2. The molecule has 1 aliphatic carbocycles. The molecule has 0 spiro atoms. The average molecular weight is 569 g/mol. The van der Waals surface area contributed by atoms with E-state index in [-0.39, 0.29) is 24.5 Å². The van der Waals surface area contributed by atoms with E-state index >= 15 is 0 Å². The van der Waals surface area contributed by atoms with Gasteiger partial charge in [-0.3, -0.25) is 19.4 Å². The zero-order valence-electron chi connectivity index (χ0n) is 23.0. The van der Waals surface area contributed by atoms with Crippen molar-refractivity contribution in [1.29, 1.82) is 0 Å². The van der Waals surface area contributed by atoms with E-state index in [1.165, 1.54) is 13.2 Å². The molecule has 1 saturated heterocycles. The smallest absolute Gasteiger partial charge is 0.258 e. The molecule has 11 heteroatoms. The number of rotatable bonds is 12. The summed E-state index contributed by atoms with van der Waals surface area (Å²) in [5, 5.41) is 8.29. The summed E-state index contributed by atoms with van der Waals surface area (Å²) in [6.45, 7) is 7.80. The highest BCUT2D eigenvalue weighted by molar-refractivity contribution is 8.04. The van der Waals surface area contributed by atoms with Crippen molar-refractivity contribution in [3.63, 3.8) is 0 Å². The van der Waals surface area contributed by atoms with E-state index in [4.69, 9.17) is 19.2 Å². The maximum Gasteiger partial charge on any atom is 0.258 e. The monoisotopic (exact) mass is 568 g/mol. The van der Waals surface area contributed by atoms with Crippen LogP contribution in [0.4, 0.5) is 5.69 Å². The lowest BCUT2D eigenvalue weighted by atomic mass is 10.0. The zero-order chi connectivity index (χ0) is 28.6. The third-order valence-corrected chi connectivity index (χ3v) is 7.71. The standard InChI is InChI=1S/C29H36N4O6S/c1-5-19(27(35)33-23(14-17(2)3)28(36)32-21-12-13-38-29(21)37-4)31-26(34)16-39-18-10-11-25-22(15-18)30-20-8-6-7-9-24(20)40-25/h5-11,17,19,21,23,29H,1,12-16H2,2-4H3,(H,31,34)(H,32,36)(H,33,35)/t19-,21-,23-,29?/m0/s1. The molecular formula is C29H36N4O6S. The number of carbonyl (C=O) groups is 3. The molecular weight excluding hydrogens is 532 g/mol. The molecule has 10 nitrogen and oxygen atoms in total. The Morgan fingerprint density at radius 2 is 2.00 bits per heavy atom. The second kappa shape index (κ2) is 13.8. The van der Waals surface area contributed by atoms with Gasteiger partial charge in [-0.1, -0.05) is 43.8 Å². The van der Waals surface area contributed by atoms with E-state index < -0.39 is 30.2 Å². The number of thioether (sulfide) groups is 1. The Bertz CT molecular complexity index is 1230. The fraction of sp³-hybridized carbons (Fsp3) is 0.448. The van der Waals surface area contributed by atoms with Gasteiger partial charge in [0.2, 0.25) is 11.8 Å². The number of fused-ring (bicyclic) bond motifs is 2. The molecule has 2 aliphatic heterocycles. The van der Waals surface area contributed by atoms with Crippen molar-refractivity contribution in [3.8, 4) is 0 Å². The molecule has 1 aromatic rings. The summed E-state index contributed by atoms with van der Waals surface area (Å²) in [7, 11) is 1.52. The second-order valence-electron chi connectivity index (χ2n) is 10.1. The Balaban J connectivity index is 1.29. The minimum atomic E-state index is -1.04. The van der Waals surface area contributed by atoms with Gasteiger partial charge >= 0.3 is 0 Å². The molecule has 0 aromatic heterocycles. The number of aliphatic imine (C=N–C) groups is 1. The van der Waals surface area contributed by atoms with Crippen molar-refractivity contribution in [2.75, 3.05) is 20.3 Å². The molecule has 1 unspecified atom stereocenters. The van der Waals surface area contributed by atoms with Crippen LogP contribution in [0.1, 0.15) is 33.1 Å². The summed E-state index contributed by atoms with van der Waals surface area (Å²) in [5.74, 6) is -0.613. The summed E-state index contributed by atoms with van der Waals surface area (Å²) in [4.78, 5) is 45.6. The first kappa shape index (κ1) is 29.6. The van der Waals surface area contributed by atoms with Gasteiger partial charge in [0.05, 0.1) is 24.0 Å². The fourth-order valence-corrected chi connectivity index (χ4v) is 5.52. The number of methoxy groups -OCH3 is 1. The molecule has 214 valence electrons. The van der Waals surface area contributed by atoms with Crippen molar-refractivity contribution in [1.82, 2.24) is 16.0 Å². The van der Waals surface area contributed by atoms with Gasteiger partial charge in [0, 0.05) is 23.3 Å². The molecule has 3 amide bonds. The quantitative estimate of drug-likeness (QED) is 0.331. The van der Waals surface area contributed by atoms with Gasteiger partial charge in [0.15, 0.2) is 12.9 Å². The van der Waals surface area contributed by atoms with Gasteiger partial charge < -0.3 is 30.2 Å². The third kappa shape index (κ3) is 7.61. The highest BCUT2D eigenvalue weighted by atomic mass is 32.2. The number of benzene rings is 1. The summed E-state index contributed by atoms with van der Waals surface area (Å²) >= 11 is 1.66. The van der Waals surface area contributed by atoms with Gasteiger partial charge in [-0.15, -0.1) is 6.58 Å². The summed E-state index contributed by atoms with van der Waals surface area (Å²) in [6.07, 6.45) is 6.06. The van der Waals surface area contributed by atoms with E-state index in [9.17, 15) is 14.4 Å². The van der Waals surface area contributed by atoms with Crippen molar-refractivity contribution in [2.24, 2.45) is 10.9 Å². The van der Waals surface area contributed by atoms with Crippen LogP contribution in [0.25, 0.3) is 0 Å². The van der Waals surface area contributed by atoms with Crippen LogP contribution in [-0.2, 0) is 28.6 Å². The summed E-state index contributed by atoms with van der Waals surface area (Å²) in [5.41, 5.74) is 1.80. The third-order valence-electron chi connectivity index (χ3n) is 6.55. The Labute approximate surface area is 238 Å². The van der Waals surface area contributed by atoms with Gasteiger partial charge in [0.1, 0.15) is 17.8 Å². The first-order valence-corrected chi connectivity index (χ1v) is 14.1. The van der Waals surface area contributed by atoms with Crippen LogP contribution in [0.3, 0.4) is 0 Å². The predicted octanol–water partition coefficient (Wildman–Crippen LogP) is 3.13. The number of carbonyl (C=O) groups excluding carboxylic acids is 3. The number of ether oxygens (including phenoxy) is 3. The van der Waals surface area contributed by atoms with Gasteiger partial charge in [-0.05, 0) is 43.0 Å². The van der Waals surface area contributed by atoms with E-state index in [1.54, 1.807) is 11.8 Å². The van der Waals surface area contributed by atoms with Crippen LogP contribution in [0.2, 0.25) is 0 Å². The number of nitrogens with zero attached hydrogens (tertiary/aromatic N) is 1. The normalized spacial score (nSPS) is 21.1. The number of amides is 3. The van der Waals surface area contributed by atoms with Gasteiger partial charge in [-0.2, -0.15) is 0 Å². The molecule has 1 fully saturated rings. The van der Waals surface area contributed by atoms with E-state index in [0.717, 1.165) is 21.2 Å². The maximum atomic E-state index is 13.0. The molecule has 4 atom stereocenters. The van der Waals surface area contributed by atoms with Crippen molar-refractivity contribution < 1.29 is 28.6 Å². The molecule has 0 bridgehead atoms. The van der Waals surface area contributed by atoms with Gasteiger partial charge in [-0.25, -0.2) is 0 Å². The first-order chi connectivity index (χ1) is 19.3. The average Bonchev–Trinajstić information content (AvgIpc) is 3.39. The minimum Gasteiger partial charge on any atom is -0.488 e.